The summed E-state index contributed by atoms with van der Waals surface area (Å²) in [5, 5.41) is 13.1. The van der Waals surface area contributed by atoms with E-state index in [4.69, 9.17) is 17.4 Å². The van der Waals surface area contributed by atoms with Gasteiger partial charge in [-0.3, -0.25) is 5.43 Å². The minimum atomic E-state index is -0.316. The second kappa shape index (κ2) is 5.03. The number of aliphatic hydroxyl groups is 1. The summed E-state index contributed by atoms with van der Waals surface area (Å²) >= 11 is 6.01. The van der Waals surface area contributed by atoms with Crippen LogP contribution in [0.15, 0.2) is 6.20 Å². The molecule has 0 amide bonds. The number of aliphatic hydroxyl groups excluding tert-OH is 1. The van der Waals surface area contributed by atoms with Crippen LogP contribution in [-0.4, -0.2) is 27.2 Å². The number of nitrogens with two attached hydrogens (primary N) is 1. The highest BCUT2D eigenvalue weighted by atomic mass is 35.5. The quantitative estimate of drug-likeness (QED) is 0.477. The van der Waals surface area contributed by atoms with Crippen molar-refractivity contribution in [3.05, 3.63) is 11.2 Å². The zero-order chi connectivity index (χ0) is 12.3. The predicted molar refractivity (Wildman–Crippen MR) is 66.8 cm³/mol. The van der Waals surface area contributed by atoms with Crippen molar-refractivity contribution in [2.75, 3.05) is 17.3 Å². The molecule has 1 saturated carbocycles. The van der Waals surface area contributed by atoms with Crippen LogP contribution in [0.5, 0.6) is 0 Å². The summed E-state index contributed by atoms with van der Waals surface area (Å²) < 4.78 is 0. The molecular formula is C10H16ClN5O. The Morgan fingerprint density at radius 1 is 1.47 bits per heavy atom. The highest BCUT2D eigenvalue weighted by molar-refractivity contribution is 6.32. The van der Waals surface area contributed by atoms with Crippen molar-refractivity contribution in [3.63, 3.8) is 0 Å². The number of aromatic nitrogens is 2. The molecule has 0 atom stereocenters. The van der Waals surface area contributed by atoms with Crippen LogP contribution in [0.4, 0.5) is 11.8 Å². The van der Waals surface area contributed by atoms with Gasteiger partial charge in [0.1, 0.15) is 5.02 Å². The molecule has 5 N–H and O–H groups in total. The van der Waals surface area contributed by atoms with Gasteiger partial charge in [0.2, 0.25) is 5.95 Å². The molecule has 0 aromatic carbocycles. The highest BCUT2D eigenvalue weighted by Crippen LogP contribution is 2.34. The Kier molecular flexibility index (Phi) is 3.66. The summed E-state index contributed by atoms with van der Waals surface area (Å²) in [5.41, 5.74) is 2.05. The lowest BCUT2D eigenvalue weighted by molar-refractivity contribution is 0.214. The molecule has 2 rings (SSSR count). The molecular weight excluding hydrogens is 242 g/mol. The first kappa shape index (κ1) is 12.3. The average molecular weight is 258 g/mol. The predicted octanol–water partition coefficient (Wildman–Crippen LogP) is 1.13. The van der Waals surface area contributed by atoms with Gasteiger partial charge in [-0.25, -0.2) is 10.8 Å². The molecule has 0 unspecified atom stereocenters. The largest absolute Gasteiger partial charge is 0.394 e. The number of anilines is 2. The first-order chi connectivity index (χ1) is 8.19. The summed E-state index contributed by atoms with van der Waals surface area (Å²) in [7, 11) is 0. The van der Waals surface area contributed by atoms with E-state index in [1.807, 2.05) is 0 Å². The summed E-state index contributed by atoms with van der Waals surface area (Å²) in [6.07, 6.45) is 5.49. The normalized spacial score (nSPS) is 18.1. The molecule has 17 heavy (non-hydrogen) atoms. The second-order valence-electron chi connectivity index (χ2n) is 4.31. The van der Waals surface area contributed by atoms with Crippen LogP contribution in [0.3, 0.4) is 0 Å². The van der Waals surface area contributed by atoms with E-state index in [1.165, 1.54) is 6.20 Å². The average Bonchev–Trinajstić information content (AvgIpc) is 2.81. The number of halogens is 1. The number of hydrogen-bond acceptors (Lipinski definition) is 6. The number of nitrogen functional groups attached to an aromatic ring is 1. The summed E-state index contributed by atoms with van der Waals surface area (Å²) in [4.78, 5) is 8.04. The molecule has 6 nitrogen and oxygen atoms in total. The summed E-state index contributed by atoms with van der Waals surface area (Å²) in [6, 6.07) is 0. The fourth-order valence-corrected chi connectivity index (χ4v) is 2.29. The third-order valence-corrected chi connectivity index (χ3v) is 3.40. The van der Waals surface area contributed by atoms with Crippen LogP contribution in [0.1, 0.15) is 25.7 Å². The second-order valence-corrected chi connectivity index (χ2v) is 4.71. The van der Waals surface area contributed by atoms with E-state index in [0.29, 0.717) is 16.8 Å². The van der Waals surface area contributed by atoms with Crippen LogP contribution in [0.2, 0.25) is 5.02 Å². The molecule has 1 heterocycles. The standard InChI is InChI=1S/C10H16ClN5O/c11-7-5-13-9(16-12)14-8(7)15-10(6-17)3-1-2-4-10/h5,17H,1-4,6,12H2,(H2,13,14,15,16). The van der Waals surface area contributed by atoms with E-state index < -0.39 is 0 Å². The minimum Gasteiger partial charge on any atom is -0.394 e. The Balaban J connectivity index is 2.22. The van der Waals surface area contributed by atoms with E-state index >= 15 is 0 Å². The first-order valence-electron chi connectivity index (χ1n) is 5.57. The van der Waals surface area contributed by atoms with Gasteiger partial charge in [0, 0.05) is 0 Å². The summed E-state index contributed by atoms with van der Waals surface area (Å²) in [5.74, 6) is 6.05. The Labute approximate surface area is 105 Å². The molecule has 94 valence electrons. The minimum absolute atomic E-state index is 0.0682. The van der Waals surface area contributed by atoms with Gasteiger partial charge in [-0.15, -0.1) is 0 Å². The molecule has 1 aromatic rings. The van der Waals surface area contributed by atoms with Crippen molar-refractivity contribution >= 4 is 23.4 Å². The van der Waals surface area contributed by atoms with Gasteiger partial charge in [-0.1, -0.05) is 24.4 Å². The van der Waals surface area contributed by atoms with Crippen LogP contribution in [0.25, 0.3) is 0 Å². The van der Waals surface area contributed by atoms with Crippen LogP contribution < -0.4 is 16.6 Å². The SMILES string of the molecule is NNc1ncc(Cl)c(NC2(CO)CCCC2)n1. The van der Waals surface area contributed by atoms with Gasteiger partial charge >= 0.3 is 0 Å². The summed E-state index contributed by atoms with van der Waals surface area (Å²) in [6.45, 7) is 0.0682. The Hall–Kier alpha value is -1.11. The van der Waals surface area contributed by atoms with E-state index in [0.717, 1.165) is 25.7 Å². The van der Waals surface area contributed by atoms with Crippen molar-refractivity contribution in [2.45, 2.75) is 31.2 Å². The first-order valence-corrected chi connectivity index (χ1v) is 5.95. The van der Waals surface area contributed by atoms with E-state index in [2.05, 4.69) is 20.7 Å². The zero-order valence-corrected chi connectivity index (χ0v) is 10.2. The lowest BCUT2D eigenvalue weighted by Crippen LogP contribution is -2.39. The lowest BCUT2D eigenvalue weighted by atomic mass is 9.99. The number of hydrazine groups is 1. The molecule has 0 spiro atoms. The van der Waals surface area contributed by atoms with Crippen molar-refractivity contribution in [1.29, 1.82) is 0 Å². The monoisotopic (exact) mass is 257 g/mol. The molecule has 0 bridgehead atoms. The maximum atomic E-state index is 9.51. The molecule has 0 aliphatic heterocycles. The molecule has 1 aliphatic rings. The van der Waals surface area contributed by atoms with Gasteiger partial charge in [0.15, 0.2) is 5.82 Å². The fraction of sp³-hybridized carbons (Fsp3) is 0.600. The molecule has 1 aliphatic carbocycles. The van der Waals surface area contributed by atoms with E-state index in [-0.39, 0.29) is 12.1 Å². The molecule has 1 fully saturated rings. The van der Waals surface area contributed by atoms with Gasteiger partial charge in [-0.05, 0) is 12.8 Å². The Morgan fingerprint density at radius 3 is 2.76 bits per heavy atom. The topological polar surface area (TPSA) is 96.1 Å². The van der Waals surface area contributed by atoms with Crippen molar-refractivity contribution in [1.82, 2.24) is 9.97 Å². The smallest absolute Gasteiger partial charge is 0.239 e. The maximum Gasteiger partial charge on any atom is 0.239 e. The van der Waals surface area contributed by atoms with Crippen LogP contribution in [-0.2, 0) is 0 Å². The van der Waals surface area contributed by atoms with Crippen LogP contribution in [0, 0.1) is 0 Å². The molecule has 7 heteroatoms. The van der Waals surface area contributed by atoms with Crippen molar-refractivity contribution in [2.24, 2.45) is 5.84 Å². The van der Waals surface area contributed by atoms with Crippen LogP contribution >= 0.6 is 11.6 Å². The van der Waals surface area contributed by atoms with Gasteiger partial charge in [0.25, 0.3) is 0 Å². The van der Waals surface area contributed by atoms with E-state index in [9.17, 15) is 5.11 Å². The molecule has 1 aromatic heterocycles. The zero-order valence-electron chi connectivity index (χ0n) is 9.41. The van der Waals surface area contributed by atoms with Crippen molar-refractivity contribution < 1.29 is 5.11 Å². The number of rotatable bonds is 4. The number of nitrogens with zero attached hydrogens (tertiary/aromatic N) is 2. The highest BCUT2D eigenvalue weighted by Gasteiger charge is 2.33. The number of hydrogen-bond donors (Lipinski definition) is 4. The third-order valence-electron chi connectivity index (χ3n) is 3.12. The van der Waals surface area contributed by atoms with Gasteiger partial charge in [-0.2, -0.15) is 4.98 Å². The lowest BCUT2D eigenvalue weighted by Gasteiger charge is -2.29. The maximum absolute atomic E-state index is 9.51. The van der Waals surface area contributed by atoms with Gasteiger partial charge in [0.05, 0.1) is 18.3 Å². The Morgan fingerprint density at radius 2 is 2.18 bits per heavy atom. The molecule has 0 radical (unpaired) electrons. The van der Waals surface area contributed by atoms with E-state index in [1.54, 1.807) is 0 Å². The number of nitrogens with one attached hydrogen (secondary N) is 2. The third kappa shape index (κ3) is 2.59. The molecule has 0 saturated heterocycles. The van der Waals surface area contributed by atoms with Gasteiger partial charge < -0.3 is 10.4 Å². The van der Waals surface area contributed by atoms with Crippen molar-refractivity contribution in [3.8, 4) is 0 Å². The fourth-order valence-electron chi connectivity index (χ4n) is 2.15. The Bertz CT molecular complexity index is 394.